The molecule has 0 unspecified atom stereocenters. The normalized spacial score (nSPS) is 17.1. The van der Waals surface area contributed by atoms with Crippen molar-refractivity contribution in [1.82, 2.24) is 9.29 Å². The van der Waals surface area contributed by atoms with Gasteiger partial charge >= 0.3 is 0 Å². The highest BCUT2D eigenvalue weighted by molar-refractivity contribution is 7.89. The zero-order valence-electron chi connectivity index (χ0n) is 13.1. The van der Waals surface area contributed by atoms with Crippen LogP contribution in [0.1, 0.15) is 18.4 Å². The van der Waals surface area contributed by atoms with Gasteiger partial charge in [0.05, 0.1) is 5.52 Å². The number of halogens is 1. The topological polar surface area (TPSA) is 76.3 Å². The number of piperidine rings is 1. The Morgan fingerprint density at radius 1 is 1.30 bits per heavy atom. The van der Waals surface area contributed by atoms with Crippen molar-refractivity contribution in [2.75, 3.05) is 19.6 Å². The number of benzene rings is 1. The maximum absolute atomic E-state index is 12.9. The van der Waals surface area contributed by atoms with Gasteiger partial charge in [-0.25, -0.2) is 8.42 Å². The molecule has 5 nitrogen and oxygen atoms in total. The predicted octanol–water partition coefficient (Wildman–Crippen LogP) is 2.32. The van der Waals surface area contributed by atoms with Crippen LogP contribution in [-0.4, -0.2) is 37.3 Å². The molecule has 2 N–H and O–H groups in total. The van der Waals surface area contributed by atoms with Crippen molar-refractivity contribution in [3.63, 3.8) is 0 Å². The van der Waals surface area contributed by atoms with Crippen LogP contribution >= 0.6 is 12.4 Å². The summed E-state index contributed by atoms with van der Waals surface area (Å²) in [7, 11) is -3.50. The fraction of sp³-hybridized carbons (Fsp3) is 0.438. The standard InChI is InChI=1S/C16H21N3O2S.ClH/c1-12-9-14-3-2-4-15(16(14)18-11-12)22(20,21)19-7-5-13(10-17)6-8-19;/h2-4,9,11,13H,5-8,10,17H2,1H3;1H. The van der Waals surface area contributed by atoms with Gasteiger partial charge in [-0.05, 0) is 49.9 Å². The van der Waals surface area contributed by atoms with E-state index < -0.39 is 10.0 Å². The Balaban J connectivity index is 0.00000192. The minimum Gasteiger partial charge on any atom is -0.330 e. The Labute approximate surface area is 143 Å². The van der Waals surface area contributed by atoms with Crippen LogP contribution in [0.15, 0.2) is 35.4 Å². The Bertz CT molecular complexity index is 787. The number of nitrogens with two attached hydrogens (primary N) is 1. The van der Waals surface area contributed by atoms with E-state index in [1.54, 1.807) is 22.6 Å². The van der Waals surface area contributed by atoms with E-state index >= 15 is 0 Å². The first kappa shape index (κ1) is 18.1. The molecule has 3 rings (SSSR count). The summed E-state index contributed by atoms with van der Waals surface area (Å²) in [6, 6.07) is 7.29. The van der Waals surface area contributed by atoms with Crippen molar-refractivity contribution in [3.8, 4) is 0 Å². The van der Waals surface area contributed by atoms with E-state index in [9.17, 15) is 8.42 Å². The first-order valence-electron chi connectivity index (χ1n) is 7.58. The average Bonchev–Trinajstić information content (AvgIpc) is 2.54. The number of pyridine rings is 1. The fourth-order valence-corrected chi connectivity index (χ4v) is 4.61. The molecule has 1 fully saturated rings. The number of sulfonamides is 1. The minimum absolute atomic E-state index is 0. The molecule has 1 saturated heterocycles. The second-order valence-corrected chi connectivity index (χ2v) is 7.83. The number of hydrogen-bond donors (Lipinski definition) is 1. The third-order valence-electron chi connectivity index (χ3n) is 4.34. The maximum Gasteiger partial charge on any atom is 0.245 e. The van der Waals surface area contributed by atoms with E-state index in [4.69, 9.17) is 5.73 Å². The summed E-state index contributed by atoms with van der Waals surface area (Å²) in [6.07, 6.45) is 3.36. The zero-order chi connectivity index (χ0) is 15.7. The van der Waals surface area contributed by atoms with Crippen LogP contribution in [0.2, 0.25) is 0 Å². The molecule has 2 aromatic rings. The largest absolute Gasteiger partial charge is 0.330 e. The molecule has 1 aliphatic rings. The Hall–Kier alpha value is -1.21. The lowest BCUT2D eigenvalue weighted by Gasteiger charge is -2.30. The smallest absolute Gasteiger partial charge is 0.245 e. The van der Waals surface area contributed by atoms with E-state index in [-0.39, 0.29) is 12.4 Å². The van der Waals surface area contributed by atoms with Crippen molar-refractivity contribution in [2.45, 2.75) is 24.7 Å². The van der Waals surface area contributed by atoms with Gasteiger partial charge < -0.3 is 5.73 Å². The molecule has 0 aliphatic carbocycles. The van der Waals surface area contributed by atoms with Crippen molar-refractivity contribution >= 4 is 33.3 Å². The molecule has 2 heterocycles. The summed E-state index contributed by atoms with van der Waals surface area (Å²) in [5.74, 6) is 0.430. The van der Waals surface area contributed by atoms with E-state index in [0.29, 0.717) is 36.0 Å². The van der Waals surface area contributed by atoms with Gasteiger partial charge in [-0.3, -0.25) is 4.98 Å². The molecule has 1 aromatic heterocycles. The molecule has 0 atom stereocenters. The third-order valence-corrected chi connectivity index (χ3v) is 6.27. The van der Waals surface area contributed by atoms with Crippen LogP contribution in [0, 0.1) is 12.8 Å². The van der Waals surface area contributed by atoms with E-state index in [1.807, 2.05) is 19.1 Å². The summed E-state index contributed by atoms with van der Waals surface area (Å²) >= 11 is 0. The Morgan fingerprint density at radius 2 is 2.00 bits per heavy atom. The number of aryl methyl sites for hydroxylation is 1. The van der Waals surface area contributed by atoms with Gasteiger partial charge in [-0.1, -0.05) is 12.1 Å². The molecule has 1 aromatic carbocycles. The monoisotopic (exact) mass is 355 g/mol. The number of nitrogens with zero attached hydrogens (tertiary/aromatic N) is 2. The number of para-hydroxylation sites is 1. The van der Waals surface area contributed by atoms with Gasteiger partial charge in [0.2, 0.25) is 10.0 Å². The highest BCUT2D eigenvalue weighted by atomic mass is 35.5. The van der Waals surface area contributed by atoms with Crippen molar-refractivity contribution in [1.29, 1.82) is 0 Å². The lowest BCUT2D eigenvalue weighted by atomic mass is 9.99. The van der Waals surface area contributed by atoms with Gasteiger partial charge in [0.25, 0.3) is 0 Å². The summed E-state index contributed by atoms with van der Waals surface area (Å²) in [4.78, 5) is 4.65. The molecule has 7 heteroatoms. The van der Waals surface area contributed by atoms with E-state index in [1.165, 1.54) is 0 Å². The van der Waals surface area contributed by atoms with Crippen LogP contribution in [-0.2, 0) is 10.0 Å². The Kier molecular flexibility index (Phi) is 5.62. The van der Waals surface area contributed by atoms with E-state index in [2.05, 4.69) is 4.98 Å². The summed E-state index contributed by atoms with van der Waals surface area (Å²) < 4.78 is 27.4. The lowest BCUT2D eigenvalue weighted by molar-refractivity contribution is 0.278. The molecular weight excluding hydrogens is 334 g/mol. The molecule has 0 bridgehead atoms. The van der Waals surface area contributed by atoms with Crippen LogP contribution in [0.4, 0.5) is 0 Å². The molecule has 0 spiro atoms. The summed E-state index contributed by atoms with van der Waals surface area (Å²) in [6.45, 7) is 3.65. The highest BCUT2D eigenvalue weighted by Crippen LogP contribution is 2.27. The van der Waals surface area contributed by atoms with Crippen LogP contribution in [0.25, 0.3) is 10.9 Å². The predicted molar refractivity (Wildman–Crippen MR) is 94.3 cm³/mol. The summed E-state index contributed by atoms with van der Waals surface area (Å²) in [5, 5.41) is 0.859. The van der Waals surface area contributed by atoms with Gasteiger partial charge in [0.15, 0.2) is 0 Å². The van der Waals surface area contributed by atoms with Gasteiger partial charge in [0, 0.05) is 24.7 Å². The number of aromatic nitrogens is 1. The van der Waals surface area contributed by atoms with Crippen molar-refractivity contribution < 1.29 is 8.42 Å². The molecule has 126 valence electrons. The van der Waals surface area contributed by atoms with Crippen LogP contribution in [0.5, 0.6) is 0 Å². The molecule has 0 saturated carbocycles. The number of hydrogen-bond acceptors (Lipinski definition) is 4. The number of fused-ring (bicyclic) bond motifs is 1. The minimum atomic E-state index is -3.50. The SMILES string of the molecule is Cc1cnc2c(S(=O)(=O)N3CCC(CN)CC3)cccc2c1.Cl. The van der Waals surface area contributed by atoms with Gasteiger partial charge in [-0.15, -0.1) is 12.4 Å². The quantitative estimate of drug-likeness (QED) is 0.916. The van der Waals surface area contributed by atoms with Crippen molar-refractivity contribution in [2.24, 2.45) is 11.7 Å². The number of rotatable bonds is 3. The zero-order valence-corrected chi connectivity index (χ0v) is 14.7. The average molecular weight is 356 g/mol. The van der Waals surface area contributed by atoms with Crippen molar-refractivity contribution in [3.05, 3.63) is 36.0 Å². The maximum atomic E-state index is 12.9. The molecular formula is C16H22ClN3O2S. The summed E-state index contributed by atoms with van der Waals surface area (Å²) in [5.41, 5.74) is 7.25. The molecule has 0 radical (unpaired) electrons. The van der Waals surface area contributed by atoms with Gasteiger partial charge in [-0.2, -0.15) is 4.31 Å². The fourth-order valence-electron chi connectivity index (χ4n) is 2.98. The first-order valence-corrected chi connectivity index (χ1v) is 9.02. The third kappa shape index (κ3) is 3.50. The van der Waals surface area contributed by atoms with Crippen LogP contribution in [0.3, 0.4) is 0 Å². The van der Waals surface area contributed by atoms with Gasteiger partial charge in [0.1, 0.15) is 4.90 Å². The lowest BCUT2D eigenvalue weighted by Crippen LogP contribution is -2.40. The Morgan fingerprint density at radius 3 is 2.65 bits per heavy atom. The van der Waals surface area contributed by atoms with Crippen LogP contribution < -0.4 is 5.73 Å². The second kappa shape index (κ2) is 7.13. The second-order valence-electron chi connectivity index (χ2n) is 5.92. The van der Waals surface area contributed by atoms with E-state index in [0.717, 1.165) is 23.8 Å². The molecule has 1 aliphatic heterocycles. The first-order chi connectivity index (χ1) is 10.5. The molecule has 23 heavy (non-hydrogen) atoms. The highest BCUT2D eigenvalue weighted by Gasteiger charge is 2.30. The molecule has 0 amide bonds.